The predicted molar refractivity (Wildman–Crippen MR) is 61.7 cm³/mol. The number of amides is 2. The smallest absolute Gasteiger partial charge is 0.314 e. The van der Waals surface area contributed by atoms with Crippen molar-refractivity contribution in [2.45, 2.75) is 19.8 Å². The Morgan fingerprint density at radius 3 is 2.27 bits per heavy atom. The molecule has 15 heavy (non-hydrogen) atoms. The van der Waals surface area contributed by atoms with Gasteiger partial charge in [0.1, 0.15) is 0 Å². The first-order chi connectivity index (χ1) is 7.13. The molecule has 0 aliphatic carbocycles. The summed E-state index contributed by atoms with van der Waals surface area (Å²) in [5.74, 6) is 0. The number of carbonyl (C=O) groups excluding carboxylic acids is 1. The normalized spacial score (nSPS) is 10.0. The Morgan fingerprint density at radius 2 is 1.80 bits per heavy atom. The summed E-state index contributed by atoms with van der Waals surface area (Å²) in [4.78, 5) is 12.3. The van der Waals surface area contributed by atoms with Crippen LogP contribution in [-0.4, -0.2) is 24.5 Å². The molecular weight excluding hydrogens is 188 g/mol. The molecule has 0 atom stereocenters. The van der Waals surface area contributed by atoms with Crippen molar-refractivity contribution >= 4 is 6.03 Å². The summed E-state index contributed by atoms with van der Waals surface area (Å²) in [7, 11) is 1.71. The molecule has 1 aromatic rings. The molecule has 0 radical (unpaired) electrons. The van der Waals surface area contributed by atoms with Gasteiger partial charge in [0.05, 0.1) is 0 Å². The highest BCUT2D eigenvalue weighted by atomic mass is 16.2. The molecule has 1 aromatic carbocycles. The van der Waals surface area contributed by atoms with Crippen molar-refractivity contribution in [1.82, 2.24) is 4.90 Å². The van der Waals surface area contributed by atoms with E-state index in [2.05, 4.69) is 31.2 Å². The maximum atomic E-state index is 10.8. The van der Waals surface area contributed by atoms with Gasteiger partial charge in [-0.25, -0.2) is 4.79 Å². The van der Waals surface area contributed by atoms with E-state index >= 15 is 0 Å². The Labute approximate surface area is 90.9 Å². The molecule has 0 spiro atoms. The standard InChI is InChI=1S/C12H18N2O/c1-3-10-4-6-11(7-5-10)8-9-14(2)12(13)15/h4-7H,3,8-9H2,1-2H3,(H2,13,15). The predicted octanol–water partition coefficient (Wildman–Crippen LogP) is 1.80. The number of hydrogen-bond donors (Lipinski definition) is 1. The lowest BCUT2D eigenvalue weighted by molar-refractivity contribution is 0.219. The Kier molecular flexibility index (Phi) is 4.16. The average molecular weight is 206 g/mol. The van der Waals surface area contributed by atoms with Gasteiger partial charge in [-0.1, -0.05) is 31.2 Å². The summed E-state index contributed by atoms with van der Waals surface area (Å²) in [5.41, 5.74) is 7.70. The van der Waals surface area contributed by atoms with Gasteiger partial charge in [0, 0.05) is 13.6 Å². The molecule has 0 fully saturated rings. The number of urea groups is 1. The number of nitrogens with two attached hydrogens (primary N) is 1. The summed E-state index contributed by atoms with van der Waals surface area (Å²) in [6.45, 7) is 2.80. The molecule has 0 heterocycles. The molecule has 82 valence electrons. The van der Waals surface area contributed by atoms with E-state index in [1.54, 1.807) is 7.05 Å². The quantitative estimate of drug-likeness (QED) is 0.802. The van der Waals surface area contributed by atoms with Gasteiger partial charge in [-0.15, -0.1) is 0 Å². The van der Waals surface area contributed by atoms with Gasteiger partial charge in [-0.3, -0.25) is 0 Å². The van der Waals surface area contributed by atoms with E-state index in [0.29, 0.717) is 6.54 Å². The number of nitrogens with zero attached hydrogens (tertiary/aromatic N) is 1. The van der Waals surface area contributed by atoms with Crippen LogP contribution in [0.4, 0.5) is 4.79 Å². The lowest BCUT2D eigenvalue weighted by atomic mass is 10.1. The maximum absolute atomic E-state index is 10.8. The van der Waals surface area contributed by atoms with Crippen molar-refractivity contribution in [3.63, 3.8) is 0 Å². The van der Waals surface area contributed by atoms with E-state index in [4.69, 9.17) is 5.73 Å². The molecule has 3 nitrogen and oxygen atoms in total. The van der Waals surface area contributed by atoms with E-state index < -0.39 is 0 Å². The Bertz CT molecular complexity index is 319. The van der Waals surface area contributed by atoms with Gasteiger partial charge < -0.3 is 10.6 Å². The highest BCUT2D eigenvalue weighted by Gasteiger charge is 2.02. The summed E-state index contributed by atoms with van der Waals surface area (Å²) >= 11 is 0. The fraction of sp³-hybridized carbons (Fsp3) is 0.417. The van der Waals surface area contributed by atoms with Crippen molar-refractivity contribution in [2.24, 2.45) is 5.73 Å². The number of primary amides is 1. The van der Waals surface area contributed by atoms with Crippen LogP contribution in [0, 0.1) is 0 Å². The molecular formula is C12H18N2O. The monoisotopic (exact) mass is 206 g/mol. The molecule has 2 amide bonds. The van der Waals surface area contributed by atoms with E-state index in [0.717, 1.165) is 12.8 Å². The van der Waals surface area contributed by atoms with Crippen molar-refractivity contribution in [2.75, 3.05) is 13.6 Å². The fourth-order valence-electron chi connectivity index (χ4n) is 1.35. The number of hydrogen-bond acceptors (Lipinski definition) is 1. The number of likely N-dealkylation sites (N-methyl/N-ethyl adjacent to an activating group) is 1. The molecule has 0 aliphatic rings. The highest BCUT2D eigenvalue weighted by molar-refractivity contribution is 5.71. The third kappa shape index (κ3) is 3.62. The number of benzene rings is 1. The first kappa shape index (κ1) is 11.6. The SMILES string of the molecule is CCc1ccc(CCN(C)C(N)=O)cc1. The minimum atomic E-state index is -0.375. The third-order valence-electron chi connectivity index (χ3n) is 2.54. The maximum Gasteiger partial charge on any atom is 0.314 e. The van der Waals surface area contributed by atoms with Gasteiger partial charge in [-0.05, 0) is 24.0 Å². The fourth-order valence-corrected chi connectivity index (χ4v) is 1.35. The van der Waals surface area contributed by atoms with E-state index in [-0.39, 0.29) is 6.03 Å². The zero-order valence-electron chi connectivity index (χ0n) is 9.36. The van der Waals surface area contributed by atoms with Crippen LogP contribution in [0.25, 0.3) is 0 Å². The molecule has 0 aliphatic heterocycles. The lowest BCUT2D eigenvalue weighted by Crippen LogP contribution is -2.33. The molecule has 1 rings (SSSR count). The minimum Gasteiger partial charge on any atom is -0.351 e. The summed E-state index contributed by atoms with van der Waals surface area (Å²) < 4.78 is 0. The zero-order chi connectivity index (χ0) is 11.3. The van der Waals surface area contributed by atoms with Crippen LogP contribution in [0.3, 0.4) is 0 Å². The Balaban J connectivity index is 2.47. The van der Waals surface area contributed by atoms with Crippen LogP contribution in [0.15, 0.2) is 24.3 Å². The second kappa shape index (κ2) is 5.39. The van der Waals surface area contributed by atoms with Crippen LogP contribution >= 0.6 is 0 Å². The summed E-state index contributed by atoms with van der Waals surface area (Å²) in [6, 6.07) is 8.08. The number of rotatable bonds is 4. The van der Waals surface area contributed by atoms with Crippen molar-refractivity contribution in [1.29, 1.82) is 0 Å². The van der Waals surface area contributed by atoms with Crippen molar-refractivity contribution in [3.8, 4) is 0 Å². The molecule has 3 heteroatoms. The first-order valence-electron chi connectivity index (χ1n) is 5.22. The van der Waals surface area contributed by atoms with Gasteiger partial charge >= 0.3 is 6.03 Å². The van der Waals surface area contributed by atoms with Gasteiger partial charge in [-0.2, -0.15) is 0 Å². The third-order valence-corrected chi connectivity index (χ3v) is 2.54. The van der Waals surface area contributed by atoms with E-state index in [1.165, 1.54) is 16.0 Å². The summed E-state index contributed by atoms with van der Waals surface area (Å²) in [6.07, 6.45) is 1.91. The van der Waals surface area contributed by atoms with Gasteiger partial charge in [0.25, 0.3) is 0 Å². The van der Waals surface area contributed by atoms with Gasteiger partial charge in [0.15, 0.2) is 0 Å². The first-order valence-corrected chi connectivity index (χ1v) is 5.22. The minimum absolute atomic E-state index is 0.375. The zero-order valence-corrected chi connectivity index (χ0v) is 9.36. The molecule has 0 saturated carbocycles. The van der Waals surface area contributed by atoms with Crippen molar-refractivity contribution < 1.29 is 4.79 Å². The van der Waals surface area contributed by atoms with Crippen LogP contribution < -0.4 is 5.73 Å². The molecule has 0 saturated heterocycles. The molecule has 0 aromatic heterocycles. The van der Waals surface area contributed by atoms with E-state index in [1.807, 2.05) is 0 Å². The number of carbonyl (C=O) groups is 1. The molecule has 0 bridgehead atoms. The van der Waals surface area contributed by atoms with E-state index in [9.17, 15) is 4.79 Å². The van der Waals surface area contributed by atoms with Crippen molar-refractivity contribution in [3.05, 3.63) is 35.4 Å². The van der Waals surface area contributed by atoms with Crippen LogP contribution in [0.1, 0.15) is 18.1 Å². The Morgan fingerprint density at radius 1 is 1.27 bits per heavy atom. The lowest BCUT2D eigenvalue weighted by Gasteiger charge is -2.13. The molecule has 0 unspecified atom stereocenters. The average Bonchev–Trinajstić information content (AvgIpc) is 2.26. The van der Waals surface area contributed by atoms with Crippen LogP contribution in [0.2, 0.25) is 0 Å². The number of aryl methyl sites for hydroxylation is 1. The largest absolute Gasteiger partial charge is 0.351 e. The highest BCUT2D eigenvalue weighted by Crippen LogP contribution is 2.06. The summed E-state index contributed by atoms with van der Waals surface area (Å²) in [5, 5.41) is 0. The topological polar surface area (TPSA) is 46.3 Å². The second-order valence-electron chi connectivity index (χ2n) is 3.68. The molecule has 2 N–H and O–H groups in total. The van der Waals surface area contributed by atoms with Crippen LogP contribution in [-0.2, 0) is 12.8 Å². The Hall–Kier alpha value is -1.51. The van der Waals surface area contributed by atoms with Crippen LogP contribution in [0.5, 0.6) is 0 Å². The second-order valence-corrected chi connectivity index (χ2v) is 3.68. The van der Waals surface area contributed by atoms with Gasteiger partial charge in [0.2, 0.25) is 0 Å².